The van der Waals surface area contributed by atoms with E-state index in [-0.39, 0.29) is 28.9 Å². The van der Waals surface area contributed by atoms with Gasteiger partial charge in [0.05, 0.1) is 17.2 Å². The number of fused-ring (bicyclic) bond motifs is 1. The van der Waals surface area contributed by atoms with Crippen molar-refractivity contribution in [1.82, 2.24) is 15.3 Å². The average molecular weight is 424 g/mol. The summed E-state index contributed by atoms with van der Waals surface area (Å²) in [6.45, 7) is 11.6. The summed E-state index contributed by atoms with van der Waals surface area (Å²) < 4.78 is 0. The van der Waals surface area contributed by atoms with E-state index >= 15 is 0 Å². The number of ketones is 1. The first-order valence-electron chi connectivity index (χ1n) is 9.58. The minimum absolute atomic E-state index is 0.0266. The fraction of sp³-hybridized carbons (Fsp3) is 0.600. The van der Waals surface area contributed by atoms with Gasteiger partial charge in [0.1, 0.15) is 4.83 Å². The lowest BCUT2D eigenvalue weighted by Crippen LogP contribution is -2.44. The topological polar surface area (TPSA) is 91.9 Å². The first kappa shape index (κ1) is 22.6. The van der Waals surface area contributed by atoms with Crippen molar-refractivity contribution >= 4 is 45.0 Å². The molecule has 0 aromatic carbocycles. The molecule has 0 aliphatic rings. The Hall–Kier alpha value is -1.67. The smallest absolute Gasteiger partial charge is 0.260 e. The molecule has 2 N–H and O–H groups in total. The largest absolute Gasteiger partial charge is 0.345 e. The summed E-state index contributed by atoms with van der Waals surface area (Å²) in [6.07, 6.45) is 1.92. The Morgan fingerprint density at radius 2 is 1.96 bits per heavy atom. The Balaban J connectivity index is 2.15. The van der Waals surface area contributed by atoms with Crippen molar-refractivity contribution in [3.05, 3.63) is 20.8 Å². The zero-order chi connectivity index (χ0) is 21.0. The van der Waals surface area contributed by atoms with Gasteiger partial charge in [0, 0.05) is 4.88 Å². The number of H-pyrrole nitrogens is 1. The van der Waals surface area contributed by atoms with Crippen molar-refractivity contribution in [1.29, 1.82) is 0 Å². The summed E-state index contributed by atoms with van der Waals surface area (Å²) >= 11 is 2.70. The number of thiophene rings is 1. The van der Waals surface area contributed by atoms with Crippen LogP contribution in [0.2, 0.25) is 0 Å². The van der Waals surface area contributed by atoms with E-state index in [0.717, 1.165) is 23.3 Å². The van der Waals surface area contributed by atoms with Crippen molar-refractivity contribution in [3.8, 4) is 0 Å². The highest BCUT2D eigenvalue weighted by molar-refractivity contribution is 7.99. The number of aromatic amines is 1. The summed E-state index contributed by atoms with van der Waals surface area (Å²) in [5, 5.41) is 3.85. The van der Waals surface area contributed by atoms with E-state index in [1.165, 1.54) is 30.0 Å². The average Bonchev–Trinajstić information content (AvgIpc) is 2.92. The Kier molecular flexibility index (Phi) is 7.83. The van der Waals surface area contributed by atoms with Crippen LogP contribution in [0.15, 0.2) is 9.95 Å². The number of rotatable bonds is 9. The number of hydrogen-bond acceptors (Lipinski definition) is 6. The zero-order valence-electron chi connectivity index (χ0n) is 17.3. The van der Waals surface area contributed by atoms with Gasteiger partial charge in [-0.25, -0.2) is 4.98 Å². The molecule has 0 fully saturated rings. The van der Waals surface area contributed by atoms with E-state index in [9.17, 15) is 14.4 Å². The summed E-state index contributed by atoms with van der Waals surface area (Å²) in [5.41, 5.74) is 0.929. The van der Waals surface area contributed by atoms with Crippen LogP contribution < -0.4 is 10.9 Å². The second-order valence-corrected chi connectivity index (χ2v) is 9.76. The van der Waals surface area contributed by atoms with Crippen molar-refractivity contribution < 1.29 is 9.59 Å². The van der Waals surface area contributed by atoms with E-state index in [1.54, 1.807) is 0 Å². The van der Waals surface area contributed by atoms with E-state index in [0.29, 0.717) is 21.3 Å². The van der Waals surface area contributed by atoms with Gasteiger partial charge >= 0.3 is 0 Å². The third-order valence-electron chi connectivity index (χ3n) is 4.85. The molecule has 2 heterocycles. The van der Waals surface area contributed by atoms with Crippen molar-refractivity contribution in [2.75, 3.05) is 5.75 Å². The lowest BCUT2D eigenvalue weighted by molar-refractivity contribution is -0.126. The monoisotopic (exact) mass is 423 g/mol. The summed E-state index contributed by atoms with van der Waals surface area (Å²) in [4.78, 5) is 45.7. The predicted molar refractivity (Wildman–Crippen MR) is 116 cm³/mol. The first-order valence-corrected chi connectivity index (χ1v) is 11.4. The molecule has 2 aromatic heterocycles. The normalized spacial score (nSPS) is 13.7. The molecule has 0 bridgehead atoms. The van der Waals surface area contributed by atoms with Crippen LogP contribution >= 0.6 is 23.1 Å². The van der Waals surface area contributed by atoms with Crippen LogP contribution in [0.5, 0.6) is 0 Å². The van der Waals surface area contributed by atoms with E-state index < -0.39 is 6.04 Å². The van der Waals surface area contributed by atoms with E-state index in [1.807, 2.05) is 20.8 Å². The molecular formula is C20H29N3O3S2. The second kappa shape index (κ2) is 9.69. The molecule has 0 aliphatic heterocycles. The van der Waals surface area contributed by atoms with Gasteiger partial charge in [-0.1, -0.05) is 45.9 Å². The number of aromatic nitrogens is 2. The van der Waals surface area contributed by atoms with Crippen molar-refractivity contribution in [2.24, 2.45) is 11.8 Å². The van der Waals surface area contributed by atoms with Gasteiger partial charge in [-0.2, -0.15) is 0 Å². The van der Waals surface area contributed by atoms with Gasteiger partial charge in [0.2, 0.25) is 5.91 Å². The van der Waals surface area contributed by atoms with Crippen LogP contribution in [-0.2, 0) is 16.0 Å². The minimum Gasteiger partial charge on any atom is -0.345 e. The van der Waals surface area contributed by atoms with Gasteiger partial charge in [-0.05, 0) is 37.7 Å². The van der Waals surface area contributed by atoms with Crippen molar-refractivity contribution in [3.63, 3.8) is 0 Å². The van der Waals surface area contributed by atoms with Crippen LogP contribution in [0, 0.1) is 18.8 Å². The highest BCUT2D eigenvalue weighted by atomic mass is 32.2. The lowest BCUT2D eigenvalue weighted by Gasteiger charge is -2.19. The van der Waals surface area contributed by atoms with Crippen LogP contribution in [0.4, 0.5) is 0 Å². The molecule has 2 atom stereocenters. The Morgan fingerprint density at radius 3 is 2.54 bits per heavy atom. The SMILES string of the molecule is CCC(C)Cc1c(C)sc2nc(SCC(=O)NC(C(C)=O)C(C)C)[nH]c(=O)c12. The standard InChI is InChI=1S/C20H29N3O3S2/c1-7-11(4)8-14-13(6)28-19-16(14)18(26)22-20(23-19)27-9-15(25)21-17(10(2)3)12(5)24/h10-11,17H,7-9H2,1-6H3,(H,21,25)(H,22,23,26). The molecule has 0 spiro atoms. The Bertz CT molecular complexity index is 917. The predicted octanol–water partition coefficient (Wildman–Crippen LogP) is 3.70. The van der Waals surface area contributed by atoms with Gasteiger partial charge < -0.3 is 10.3 Å². The molecule has 2 rings (SSSR count). The van der Waals surface area contributed by atoms with Gasteiger partial charge in [-0.15, -0.1) is 11.3 Å². The Morgan fingerprint density at radius 1 is 1.29 bits per heavy atom. The molecule has 0 saturated heterocycles. The van der Waals surface area contributed by atoms with Crippen LogP contribution in [0.3, 0.4) is 0 Å². The van der Waals surface area contributed by atoms with Gasteiger partial charge in [-0.3, -0.25) is 14.4 Å². The number of carbonyl (C=O) groups excluding carboxylic acids is 2. The number of nitrogens with zero attached hydrogens (tertiary/aromatic N) is 1. The number of Topliss-reactive ketones (excluding diaryl/α,β-unsaturated/α-hetero) is 1. The molecule has 2 aromatic rings. The number of hydrogen-bond donors (Lipinski definition) is 2. The molecule has 6 nitrogen and oxygen atoms in total. The summed E-state index contributed by atoms with van der Waals surface area (Å²) in [6, 6.07) is -0.495. The number of carbonyl (C=O) groups is 2. The van der Waals surface area contributed by atoms with Crippen molar-refractivity contribution in [2.45, 2.75) is 65.6 Å². The molecule has 0 radical (unpaired) electrons. The quantitative estimate of drug-likeness (QED) is 0.474. The molecule has 0 aliphatic carbocycles. The molecule has 28 heavy (non-hydrogen) atoms. The lowest BCUT2D eigenvalue weighted by atomic mass is 9.98. The highest BCUT2D eigenvalue weighted by Gasteiger charge is 2.21. The van der Waals surface area contributed by atoms with Crippen LogP contribution in [-0.4, -0.2) is 33.5 Å². The van der Waals surface area contributed by atoms with E-state index in [2.05, 4.69) is 29.1 Å². The maximum Gasteiger partial charge on any atom is 0.260 e. The fourth-order valence-electron chi connectivity index (χ4n) is 3.05. The first-order chi connectivity index (χ1) is 13.1. The highest BCUT2D eigenvalue weighted by Crippen LogP contribution is 2.30. The molecule has 154 valence electrons. The summed E-state index contributed by atoms with van der Waals surface area (Å²) in [7, 11) is 0. The third-order valence-corrected chi connectivity index (χ3v) is 6.77. The molecule has 2 unspecified atom stereocenters. The number of amides is 1. The molecular weight excluding hydrogens is 394 g/mol. The number of aryl methyl sites for hydroxylation is 1. The van der Waals surface area contributed by atoms with E-state index in [4.69, 9.17) is 0 Å². The fourth-order valence-corrected chi connectivity index (χ4v) is 4.83. The molecule has 8 heteroatoms. The van der Waals surface area contributed by atoms with Crippen LogP contribution in [0.25, 0.3) is 10.2 Å². The number of thioether (sulfide) groups is 1. The Labute approximate surface area is 173 Å². The molecule has 0 saturated carbocycles. The summed E-state index contributed by atoms with van der Waals surface area (Å²) in [5.74, 6) is 0.308. The zero-order valence-corrected chi connectivity index (χ0v) is 19.0. The van der Waals surface area contributed by atoms with Crippen LogP contribution in [0.1, 0.15) is 51.5 Å². The maximum atomic E-state index is 12.7. The third kappa shape index (κ3) is 5.44. The minimum atomic E-state index is -0.495. The van der Waals surface area contributed by atoms with Gasteiger partial charge in [0.25, 0.3) is 5.56 Å². The van der Waals surface area contributed by atoms with Gasteiger partial charge in [0.15, 0.2) is 10.9 Å². The molecule has 1 amide bonds. The second-order valence-electron chi connectivity index (χ2n) is 7.59. The number of nitrogens with one attached hydrogen (secondary N) is 2. The maximum absolute atomic E-state index is 12.7.